The van der Waals surface area contributed by atoms with Crippen LogP contribution in [-0.4, -0.2) is 122 Å². The lowest BCUT2D eigenvalue weighted by Crippen LogP contribution is -2.54. The van der Waals surface area contributed by atoms with E-state index < -0.39 is 41.6 Å². The van der Waals surface area contributed by atoms with Crippen molar-refractivity contribution >= 4 is 75.1 Å². The van der Waals surface area contributed by atoms with E-state index in [1.807, 2.05) is 49.6 Å². The molecule has 2 aromatic heterocycles. The number of ether oxygens (including phenoxy) is 2. The summed E-state index contributed by atoms with van der Waals surface area (Å²) in [4.78, 5) is 99.2. The van der Waals surface area contributed by atoms with E-state index in [2.05, 4.69) is 26.3 Å². The normalized spacial score (nSPS) is 13.5. The van der Waals surface area contributed by atoms with Crippen LogP contribution in [0, 0.1) is 5.92 Å². The highest BCUT2D eigenvalue weighted by molar-refractivity contribution is 6.13. The zero-order valence-electron chi connectivity index (χ0n) is 39.9. The number of benzene rings is 2. The van der Waals surface area contributed by atoms with Gasteiger partial charge >= 0.3 is 12.1 Å². The average Bonchev–Trinajstić information content (AvgIpc) is 3.82. The standard InChI is InChI=1S/C48H65N11O10/c1-6-68-28-36-55-41-42(33-13-9-10-14-34(33)53-43(41)49)59(36)29-48(4,5)69-26-25-57(47(66)67)27-31-17-19-32(20-18-31)52-44(63)35(15-12-23-51-46(50)65)54-45(64)40(30(2)3)56-37(60)16-8-7-11-24-58-38(61)21-22-39(58)62/h9-10,13-14,17-22,30,35,40H,6-8,11-12,15-16,23-29H2,1-5H3,(H2,49,53)(H,52,63)(H,54,64)(H,56,60)(H,66,67)(H3,50,51,65). The van der Waals surface area contributed by atoms with E-state index in [4.69, 9.17) is 25.9 Å². The number of fused-ring (bicyclic) bond motifs is 3. The molecule has 9 N–H and O–H groups in total. The fourth-order valence-corrected chi connectivity index (χ4v) is 7.84. The summed E-state index contributed by atoms with van der Waals surface area (Å²) in [5.74, 6) is -1.59. The zero-order valence-corrected chi connectivity index (χ0v) is 39.9. The second kappa shape index (κ2) is 24.8. The number of nitrogens with one attached hydrogen (secondary N) is 4. The number of anilines is 2. The molecule has 0 saturated carbocycles. The molecule has 2 unspecified atom stereocenters. The number of aromatic nitrogens is 3. The van der Waals surface area contributed by atoms with Crippen LogP contribution in [0.15, 0.2) is 60.7 Å². The third kappa shape index (κ3) is 15.2. The number of carboxylic acid groups (broad SMARTS) is 1. The van der Waals surface area contributed by atoms with Crippen LogP contribution in [0.5, 0.6) is 0 Å². The van der Waals surface area contributed by atoms with Crippen LogP contribution in [0.25, 0.3) is 21.9 Å². The number of urea groups is 1. The maximum absolute atomic E-state index is 13.7. The van der Waals surface area contributed by atoms with Gasteiger partial charge in [0.15, 0.2) is 5.82 Å². The average molecular weight is 956 g/mol. The van der Waals surface area contributed by atoms with E-state index in [1.165, 1.54) is 17.1 Å². The number of nitrogen functional groups attached to an aromatic ring is 1. The molecule has 0 saturated heterocycles. The first-order chi connectivity index (χ1) is 32.9. The topological polar surface area (TPSA) is 296 Å². The molecule has 1 aliphatic rings. The minimum absolute atomic E-state index is 0.0302. The number of hydrogen-bond donors (Lipinski definition) is 7. The maximum atomic E-state index is 13.7. The minimum Gasteiger partial charge on any atom is -0.465 e. The van der Waals surface area contributed by atoms with Crippen LogP contribution in [0.4, 0.5) is 21.1 Å². The summed E-state index contributed by atoms with van der Waals surface area (Å²) in [6.07, 6.45) is 3.39. The number of unbranched alkanes of at least 4 members (excludes halogenated alkanes) is 2. The van der Waals surface area contributed by atoms with Gasteiger partial charge in [-0.25, -0.2) is 19.6 Å². The molecular formula is C48H65N11O10. The molecule has 69 heavy (non-hydrogen) atoms. The highest BCUT2D eigenvalue weighted by Gasteiger charge is 2.30. The number of imidazole rings is 1. The van der Waals surface area contributed by atoms with Gasteiger partial charge in [0, 0.05) is 62.4 Å². The first kappa shape index (κ1) is 52.8. The third-order valence-electron chi connectivity index (χ3n) is 11.4. The molecule has 5 rings (SSSR count). The molecule has 1 aliphatic heterocycles. The van der Waals surface area contributed by atoms with E-state index >= 15 is 0 Å². The number of nitrogens with two attached hydrogens (primary N) is 2. The summed E-state index contributed by atoms with van der Waals surface area (Å²) in [5.41, 5.74) is 13.9. The highest BCUT2D eigenvalue weighted by atomic mass is 16.5. The third-order valence-corrected chi connectivity index (χ3v) is 11.4. The Balaban J connectivity index is 1.16. The van der Waals surface area contributed by atoms with Crippen molar-refractivity contribution in [3.8, 4) is 0 Å². The number of carbonyl (C=O) groups is 7. The van der Waals surface area contributed by atoms with Gasteiger partial charge < -0.3 is 56.8 Å². The fourth-order valence-electron chi connectivity index (χ4n) is 7.84. The molecule has 4 aromatic rings. The Labute approximate surface area is 400 Å². The molecule has 0 spiro atoms. The Bertz CT molecular complexity index is 2490. The number of pyridine rings is 1. The molecule has 3 heterocycles. The lowest BCUT2D eigenvalue weighted by molar-refractivity contribution is -0.137. The van der Waals surface area contributed by atoms with Gasteiger partial charge in [-0.2, -0.15) is 0 Å². The number of hydrogen-bond acceptors (Lipinski definition) is 12. The summed E-state index contributed by atoms with van der Waals surface area (Å²) < 4.78 is 14.1. The first-order valence-corrected chi connectivity index (χ1v) is 23.2. The van der Waals surface area contributed by atoms with Gasteiger partial charge in [-0.1, -0.05) is 50.6 Å². The molecule has 0 aliphatic carbocycles. The summed E-state index contributed by atoms with van der Waals surface area (Å²) in [5, 5.41) is 21.8. The first-order valence-electron chi connectivity index (χ1n) is 23.2. The van der Waals surface area contributed by atoms with Crippen LogP contribution in [0.3, 0.4) is 0 Å². The van der Waals surface area contributed by atoms with Gasteiger partial charge in [0.25, 0.3) is 11.8 Å². The Morgan fingerprint density at radius 2 is 1.62 bits per heavy atom. The molecule has 0 radical (unpaired) electrons. The van der Waals surface area contributed by atoms with Gasteiger partial charge in [0.05, 0.1) is 29.8 Å². The number of carbonyl (C=O) groups excluding carboxylic acids is 6. The number of primary amides is 1. The van der Waals surface area contributed by atoms with Crippen molar-refractivity contribution in [1.29, 1.82) is 0 Å². The lowest BCUT2D eigenvalue weighted by atomic mass is 10.0. The highest BCUT2D eigenvalue weighted by Crippen LogP contribution is 2.31. The molecule has 8 amide bonds. The van der Waals surface area contributed by atoms with Gasteiger partial charge in [-0.15, -0.1) is 0 Å². The Hall–Kier alpha value is -7.13. The van der Waals surface area contributed by atoms with Crippen LogP contribution in [0.1, 0.15) is 84.5 Å². The number of rotatable bonds is 27. The van der Waals surface area contributed by atoms with Crippen LogP contribution in [-0.2, 0) is 53.1 Å². The van der Waals surface area contributed by atoms with Gasteiger partial charge in [0.1, 0.15) is 30.0 Å². The molecule has 0 bridgehead atoms. The lowest BCUT2D eigenvalue weighted by Gasteiger charge is -2.29. The van der Waals surface area contributed by atoms with Crippen molar-refractivity contribution in [1.82, 2.24) is 40.3 Å². The number of amides is 8. The SMILES string of the molecule is CCOCc1nc2c(N)nc3ccccc3c2n1CC(C)(C)OCCN(Cc1ccc(NC(=O)C(CCCNC(N)=O)NC(=O)C(NC(=O)CCCCCN2C(=O)C=CC2=O)C(C)C)cc1)C(=O)O. The number of nitrogens with zero attached hydrogens (tertiary/aromatic N) is 5. The Morgan fingerprint density at radius 1 is 0.913 bits per heavy atom. The molecule has 372 valence electrons. The van der Waals surface area contributed by atoms with E-state index in [1.54, 1.807) is 38.1 Å². The van der Waals surface area contributed by atoms with Crippen molar-refractivity contribution < 1.29 is 48.1 Å². The molecule has 0 fully saturated rings. The minimum atomic E-state index is -1.15. The van der Waals surface area contributed by atoms with Crippen LogP contribution >= 0.6 is 0 Å². The van der Waals surface area contributed by atoms with Crippen molar-refractivity contribution in [3.05, 3.63) is 72.1 Å². The molecule has 21 nitrogen and oxygen atoms in total. The van der Waals surface area contributed by atoms with E-state index in [0.717, 1.165) is 21.3 Å². The van der Waals surface area contributed by atoms with Crippen LogP contribution < -0.4 is 32.7 Å². The van der Waals surface area contributed by atoms with E-state index in [-0.39, 0.29) is 82.3 Å². The smallest absolute Gasteiger partial charge is 0.407 e. The van der Waals surface area contributed by atoms with Crippen molar-refractivity contribution in [3.63, 3.8) is 0 Å². The van der Waals surface area contributed by atoms with Gasteiger partial charge in [0.2, 0.25) is 17.7 Å². The predicted molar refractivity (Wildman–Crippen MR) is 258 cm³/mol. The summed E-state index contributed by atoms with van der Waals surface area (Å²) in [6, 6.07) is 11.5. The van der Waals surface area contributed by atoms with E-state index in [0.29, 0.717) is 60.8 Å². The maximum Gasteiger partial charge on any atom is 0.407 e. The quantitative estimate of drug-likeness (QED) is 0.0327. The van der Waals surface area contributed by atoms with Crippen molar-refractivity contribution in [2.24, 2.45) is 11.7 Å². The second-order valence-corrected chi connectivity index (χ2v) is 17.7. The van der Waals surface area contributed by atoms with Crippen molar-refractivity contribution in [2.75, 3.05) is 43.9 Å². The fraction of sp³-hybridized carbons (Fsp3) is 0.479. The number of para-hydroxylation sites is 1. The predicted octanol–water partition coefficient (Wildman–Crippen LogP) is 4.18. The molecular weight excluding hydrogens is 891 g/mol. The summed E-state index contributed by atoms with van der Waals surface area (Å²) in [6.45, 7) is 10.9. The second-order valence-electron chi connectivity index (χ2n) is 17.7. The number of imide groups is 1. The van der Waals surface area contributed by atoms with Crippen LogP contribution in [0.2, 0.25) is 0 Å². The van der Waals surface area contributed by atoms with Crippen molar-refractivity contribution in [2.45, 2.75) is 111 Å². The monoisotopic (exact) mass is 955 g/mol. The molecule has 2 atom stereocenters. The Morgan fingerprint density at radius 3 is 2.29 bits per heavy atom. The molecule has 2 aromatic carbocycles. The Kier molecular flexibility index (Phi) is 19.0. The zero-order chi connectivity index (χ0) is 50.3. The summed E-state index contributed by atoms with van der Waals surface area (Å²) in [7, 11) is 0. The summed E-state index contributed by atoms with van der Waals surface area (Å²) >= 11 is 0. The van der Waals surface area contributed by atoms with Gasteiger partial charge in [-0.05, 0) is 76.1 Å². The van der Waals surface area contributed by atoms with E-state index in [9.17, 15) is 38.7 Å². The van der Waals surface area contributed by atoms with Gasteiger partial charge in [-0.3, -0.25) is 28.9 Å². The molecule has 21 heteroatoms. The largest absolute Gasteiger partial charge is 0.465 e.